The van der Waals surface area contributed by atoms with E-state index in [1.807, 2.05) is 38.1 Å². The van der Waals surface area contributed by atoms with Crippen LogP contribution in [0.2, 0.25) is 0 Å². The molecule has 0 unspecified atom stereocenters. The summed E-state index contributed by atoms with van der Waals surface area (Å²) in [6.07, 6.45) is 7.21. The number of aromatic hydroxyl groups is 1. The minimum absolute atomic E-state index is 0.0739. The second kappa shape index (κ2) is 32.8. The average molecular weight is 1300 g/mol. The highest BCUT2D eigenvalue weighted by molar-refractivity contribution is 6.00. The number of aliphatic hydroxyl groups is 1. The molecule has 10 amide bonds. The Morgan fingerprint density at radius 1 is 0.702 bits per heavy atom. The summed E-state index contributed by atoms with van der Waals surface area (Å²) < 4.78 is 0. The molecule has 2 fully saturated rings. The predicted octanol–water partition coefficient (Wildman–Crippen LogP) is -0.208. The monoisotopic (exact) mass is 1300 g/mol. The zero-order valence-electron chi connectivity index (χ0n) is 53.0. The highest BCUT2D eigenvalue weighted by Gasteiger charge is 2.41. The van der Waals surface area contributed by atoms with Gasteiger partial charge in [-0.05, 0) is 92.3 Å². The number of nitrogens with zero attached hydrogens (tertiary/aromatic N) is 3. The summed E-state index contributed by atoms with van der Waals surface area (Å²) in [4.78, 5) is 159. The molecule has 94 heavy (non-hydrogen) atoms. The van der Waals surface area contributed by atoms with Crippen molar-refractivity contribution in [1.29, 1.82) is 5.41 Å². The van der Waals surface area contributed by atoms with Gasteiger partial charge in [-0.3, -0.25) is 53.4 Å². The molecule has 29 heteroatoms. The highest BCUT2D eigenvalue weighted by Crippen LogP contribution is 2.25. The summed E-state index contributed by atoms with van der Waals surface area (Å²) in [5, 5.41) is 54.7. The van der Waals surface area contributed by atoms with Crippen molar-refractivity contribution in [2.24, 2.45) is 11.7 Å². The van der Waals surface area contributed by atoms with E-state index in [-0.39, 0.29) is 100 Å². The number of hydrogen-bond donors (Lipinski definition) is 16. The highest BCUT2D eigenvalue weighted by atomic mass is 16.3. The molecule has 0 saturated carbocycles. The van der Waals surface area contributed by atoms with Crippen molar-refractivity contribution in [3.05, 3.63) is 120 Å². The number of likely N-dealkylation sites (N-methyl/N-ethyl adjacent to an activating group) is 2. The van der Waals surface area contributed by atoms with Gasteiger partial charge in [0.15, 0.2) is 5.96 Å². The van der Waals surface area contributed by atoms with Gasteiger partial charge in [-0.15, -0.1) is 0 Å². The van der Waals surface area contributed by atoms with Gasteiger partial charge in [0.1, 0.15) is 60.1 Å². The lowest BCUT2D eigenvalue weighted by Gasteiger charge is -2.34. The SMILES string of the molecule is CCNC(=O)[C@@H]1CCCN1C(=O)[C@H](CCCNC(=N)N)NC(=O)[C@H](CC(C)C)N(C)C(=O)[C@@H](Cc1c[nH]c2ccccc12)NC(=O)[C@H](Cc1ccc(O)cc1)NC(=O)[C@H](CO)NC(=O)[C@H](Cc1c[nH]c2ccccc12)NC(=O)[C@H](Cc1c[nH]cn1)NC(=O)[C@@H]1CCC(=O)N1. The quantitative estimate of drug-likeness (QED) is 0.0148. The number of phenols is 1. The van der Waals surface area contributed by atoms with Gasteiger partial charge in [-0.1, -0.05) is 62.4 Å². The molecule has 9 atom stereocenters. The first-order chi connectivity index (χ1) is 45.1. The van der Waals surface area contributed by atoms with Gasteiger partial charge in [-0.25, -0.2) is 4.98 Å². The number of likely N-dealkylation sites (tertiary alicyclic amines) is 1. The number of aromatic nitrogens is 4. The fourth-order valence-electron chi connectivity index (χ4n) is 11.9. The number of carbonyl (C=O) groups is 10. The summed E-state index contributed by atoms with van der Waals surface area (Å²) in [5.41, 5.74) is 8.96. The molecule has 502 valence electrons. The Kier molecular flexibility index (Phi) is 24.3. The van der Waals surface area contributed by atoms with Crippen LogP contribution in [0.4, 0.5) is 0 Å². The van der Waals surface area contributed by atoms with Gasteiger partial charge in [-0.2, -0.15) is 0 Å². The smallest absolute Gasteiger partial charge is 0.245 e. The topological polar surface area (TPSA) is 436 Å². The third kappa shape index (κ3) is 18.5. The van der Waals surface area contributed by atoms with Crippen molar-refractivity contribution in [1.82, 2.24) is 77.6 Å². The van der Waals surface area contributed by atoms with Crippen LogP contribution in [0.5, 0.6) is 5.75 Å². The first kappa shape index (κ1) is 69.6. The van der Waals surface area contributed by atoms with E-state index < -0.39 is 108 Å². The van der Waals surface area contributed by atoms with Crippen LogP contribution in [-0.4, -0.2) is 193 Å². The Morgan fingerprint density at radius 3 is 1.85 bits per heavy atom. The molecule has 3 aromatic heterocycles. The summed E-state index contributed by atoms with van der Waals surface area (Å²) in [7, 11) is 1.41. The molecular formula is C65H85N17O12. The maximum Gasteiger partial charge on any atom is 0.245 e. The number of amides is 10. The van der Waals surface area contributed by atoms with Gasteiger partial charge in [0, 0.05) is 99.2 Å². The molecular weight excluding hydrogens is 1210 g/mol. The minimum atomic E-state index is -1.79. The normalized spacial score (nSPS) is 16.7. The van der Waals surface area contributed by atoms with Crippen LogP contribution in [0, 0.1) is 11.3 Å². The van der Waals surface area contributed by atoms with E-state index in [2.05, 4.69) is 67.8 Å². The third-order valence-electron chi connectivity index (χ3n) is 16.8. The maximum atomic E-state index is 15.4. The van der Waals surface area contributed by atoms with Crippen molar-refractivity contribution < 1.29 is 58.2 Å². The molecule has 5 heterocycles. The van der Waals surface area contributed by atoms with Gasteiger partial charge >= 0.3 is 0 Å². The Labute approximate surface area is 542 Å². The molecule has 2 aliphatic rings. The van der Waals surface area contributed by atoms with E-state index in [0.717, 1.165) is 5.52 Å². The van der Waals surface area contributed by atoms with Crippen molar-refractivity contribution in [3.63, 3.8) is 0 Å². The van der Waals surface area contributed by atoms with Crippen LogP contribution in [-0.2, 0) is 73.6 Å². The molecule has 0 bridgehead atoms. The third-order valence-corrected chi connectivity index (χ3v) is 16.8. The number of imidazole rings is 1. The number of carbonyl (C=O) groups excluding carboxylic acids is 10. The van der Waals surface area contributed by atoms with Gasteiger partial charge in [0.05, 0.1) is 18.6 Å². The maximum absolute atomic E-state index is 15.4. The van der Waals surface area contributed by atoms with Gasteiger partial charge in [0.25, 0.3) is 0 Å². The Balaban J connectivity index is 1.06. The molecule has 29 nitrogen and oxygen atoms in total. The minimum Gasteiger partial charge on any atom is -0.508 e. The van der Waals surface area contributed by atoms with Crippen LogP contribution in [0.15, 0.2) is 97.7 Å². The number of aromatic amines is 3. The summed E-state index contributed by atoms with van der Waals surface area (Å²) in [5.74, 6) is -7.58. The number of H-pyrrole nitrogens is 3. The second-order valence-corrected chi connectivity index (χ2v) is 24.1. The van der Waals surface area contributed by atoms with Gasteiger partial charge < -0.3 is 88.5 Å². The summed E-state index contributed by atoms with van der Waals surface area (Å²) in [6, 6.07) is 8.50. The molecule has 2 saturated heterocycles. The fraction of sp³-hybridized carbons (Fsp3) is 0.446. The van der Waals surface area contributed by atoms with Crippen LogP contribution in [0.3, 0.4) is 0 Å². The van der Waals surface area contributed by atoms with Crippen molar-refractivity contribution in [2.75, 3.05) is 33.3 Å². The van der Waals surface area contributed by atoms with Crippen molar-refractivity contribution in [2.45, 2.75) is 146 Å². The zero-order chi connectivity index (χ0) is 67.6. The number of benzene rings is 3. The molecule has 8 rings (SSSR count). The number of aliphatic hydroxyl groups excluding tert-OH is 1. The number of rotatable bonds is 32. The van der Waals surface area contributed by atoms with E-state index in [1.165, 1.54) is 53.6 Å². The van der Waals surface area contributed by atoms with Crippen LogP contribution in [0.25, 0.3) is 21.8 Å². The summed E-state index contributed by atoms with van der Waals surface area (Å²) >= 11 is 0. The Morgan fingerprint density at radius 2 is 1.28 bits per heavy atom. The Bertz CT molecular complexity index is 3660. The average Bonchev–Trinajstić information content (AvgIpc) is 1.54. The molecule has 2 aliphatic heterocycles. The molecule has 6 aromatic rings. The number of hydrogen-bond acceptors (Lipinski definition) is 14. The lowest BCUT2D eigenvalue weighted by atomic mass is 9.98. The fourth-order valence-corrected chi connectivity index (χ4v) is 11.9. The lowest BCUT2D eigenvalue weighted by Crippen LogP contribution is -2.62. The van der Waals surface area contributed by atoms with E-state index >= 15 is 9.59 Å². The predicted molar refractivity (Wildman–Crippen MR) is 347 cm³/mol. The lowest BCUT2D eigenvalue weighted by molar-refractivity contribution is -0.145. The number of fused-ring (bicyclic) bond motifs is 2. The number of para-hydroxylation sites is 2. The molecule has 0 spiro atoms. The first-order valence-electron chi connectivity index (χ1n) is 31.6. The molecule has 0 aliphatic carbocycles. The van der Waals surface area contributed by atoms with Crippen molar-refractivity contribution in [3.8, 4) is 5.75 Å². The molecule has 17 N–H and O–H groups in total. The molecule has 3 aromatic carbocycles. The number of guanidine groups is 1. The number of nitrogens with one attached hydrogen (secondary N) is 13. The van der Waals surface area contributed by atoms with Gasteiger partial charge in [0.2, 0.25) is 59.1 Å². The zero-order valence-corrected chi connectivity index (χ0v) is 53.0. The largest absolute Gasteiger partial charge is 0.508 e. The summed E-state index contributed by atoms with van der Waals surface area (Å²) in [6.45, 7) is 5.24. The standard InChI is InChI=1S/C65H85N17O12/c1-5-69-61(91)53-17-11-25-82(53)64(94)47(16-10-24-70-65(66)67)75-62(92)54(26-36(2)3)81(4)63(93)51(29-39-32-72-45-15-9-7-13-43(39)45)79-57(87)48(27-37-18-20-41(84)21-19-37)76-60(90)52(34-83)80-58(88)49(28-38-31-71-44-14-8-6-12-42(38)44)77-59(89)50(30-40-33-68-35-73-40)78-56(86)46-22-23-55(85)74-46/h6-9,12-15,18-21,31-33,35-36,46-54,71-72,83-84H,5,10-11,16-17,22-30,34H2,1-4H3,(H,68,73)(H,69,91)(H,74,85)(H,75,92)(H,76,90)(H,77,89)(H,78,86)(H,79,87)(H,80,88)(H4,66,67,70)/t46-,47-,48-,49-,50-,51+,52-,53-,54-/m0/s1. The van der Waals surface area contributed by atoms with Crippen LogP contribution in [0.1, 0.15) is 88.1 Å². The van der Waals surface area contributed by atoms with E-state index in [1.54, 1.807) is 43.6 Å². The van der Waals surface area contributed by atoms with E-state index in [0.29, 0.717) is 58.1 Å². The second-order valence-electron chi connectivity index (χ2n) is 24.1. The van der Waals surface area contributed by atoms with E-state index in [9.17, 15) is 48.6 Å². The number of phenolic OH excluding ortho intramolecular Hbond substituents is 1. The Hall–Kier alpha value is -10.3. The van der Waals surface area contributed by atoms with Crippen LogP contribution < -0.4 is 53.6 Å². The molecule has 0 radical (unpaired) electrons. The number of nitrogens with two attached hydrogens (primary N) is 1. The van der Waals surface area contributed by atoms with Crippen LogP contribution >= 0.6 is 0 Å². The van der Waals surface area contributed by atoms with Crippen molar-refractivity contribution >= 4 is 86.8 Å². The van der Waals surface area contributed by atoms with E-state index in [4.69, 9.17) is 11.1 Å². The first-order valence-corrected chi connectivity index (χ1v) is 31.6.